The van der Waals surface area contributed by atoms with Crippen LogP contribution in [0.15, 0.2) is 42.6 Å². The van der Waals surface area contributed by atoms with Crippen molar-refractivity contribution in [2.45, 2.75) is 25.5 Å². The van der Waals surface area contributed by atoms with Gasteiger partial charge in [0.15, 0.2) is 0 Å². The molecule has 1 saturated heterocycles. The fourth-order valence-electron chi connectivity index (χ4n) is 3.20. The molecule has 27 heavy (non-hydrogen) atoms. The van der Waals surface area contributed by atoms with Crippen LogP contribution in [0.4, 0.5) is 0 Å². The SMILES string of the molecule is COc1ccc(C(=O)N[C@@H]2CCN(C(=O)c3ccccn3)C[C@H]2O)c(C)c1. The number of rotatable bonds is 4. The van der Waals surface area contributed by atoms with E-state index in [0.29, 0.717) is 30.0 Å². The van der Waals surface area contributed by atoms with Gasteiger partial charge in [0.1, 0.15) is 11.4 Å². The average molecular weight is 369 g/mol. The Morgan fingerprint density at radius 3 is 2.74 bits per heavy atom. The third kappa shape index (κ3) is 4.25. The maximum atomic E-state index is 12.6. The first kappa shape index (κ1) is 18.8. The minimum atomic E-state index is -0.839. The number of piperidine rings is 1. The molecule has 0 spiro atoms. The molecule has 1 aromatic heterocycles. The number of amides is 2. The van der Waals surface area contributed by atoms with Gasteiger partial charge in [-0.05, 0) is 49.2 Å². The van der Waals surface area contributed by atoms with Crippen LogP contribution >= 0.6 is 0 Å². The highest BCUT2D eigenvalue weighted by Gasteiger charge is 2.32. The van der Waals surface area contributed by atoms with Crippen molar-refractivity contribution >= 4 is 11.8 Å². The van der Waals surface area contributed by atoms with Gasteiger partial charge >= 0.3 is 0 Å². The van der Waals surface area contributed by atoms with Crippen molar-refractivity contribution in [2.75, 3.05) is 20.2 Å². The quantitative estimate of drug-likeness (QED) is 0.850. The third-order valence-corrected chi connectivity index (χ3v) is 4.75. The number of carbonyl (C=O) groups is 2. The predicted molar refractivity (Wildman–Crippen MR) is 99.7 cm³/mol. The van der Waals surface area contributed by atoms with E-state index in [2.05, 4.69) is 10.3 Å². The zero-order valence-corrected chi connectivity index (χ0v) is 15.4. The van der Waals surface area contributed by atoms with Gasteiger partial charge in [0.05, 0.1) is 19.3 Å². The van der Waals surface area contributed by atoms with Gasteiger partial charge < -0.3 is 20.1 Å². The van der Waals surface area contributed by atoms with Gasteiger partial charge in [-0.15, -0.1) is 0 Å². The highest BCUT2D eigenvalue weighted by molar-refractivity contribution is 5.96. The van der Waals surface area contributed by atoms with Crippen molar-refractivity contribution < 1.29 is 19.4 Å². The average Bonchev–Trinajstić information content (AvgIpc) is 2.69. The van der Waals surface area contributed by atoms with Crippen LogP contribution in [0, 0.1) is 6.92 Å². The lowest BCUT2D eigenvalue weighted by atomic mass is 10.00. The van der Waals surface area contributed by atoms with E-state index in [1.54, 1.807) is 54.6 Å². The topological polar surface area (TPSA) is 91.8 Å². The van der Waals surface area contributed by atoms with Crippen LogP contribution in [0.3, 0.4) is 0 Å². The van der Waals surface area contributed by atoms with Gasteiger partial charge in [0.25, 0.3) is 11.8 Å². The molecule has 0 radical (unpaired) electrons. The normalized spacial score (nSPS) is 19.4. The van der Waals surface area contributed by atoms with Crippen LogP contribution in [-0.2, 0) is 0 Å². The number of aliphatic hydroxyl groups is 1. The molecule has 7 heteroatoms. The first-order valence-electron chi connectivity index (χ1n) is 8.83. The maximum absolute atomic E-state index is 12.6. The predicted octanol–water partition coefficient (Wildman–Crippen LogP) is 1.40. The number of likely N-dealkylation sites (tertiary alicyclic amines) is 1. The molecule has 142 valence electrons. The number of benzene rings is 1. The second-order valence-electron chi connectivity index (χ2n) is 6.58. The molecule has 3 rings (SSSR count). The fourth-order valence-corrected chi connectivity index (χ4v) is 3.20. The number of nitrogens with one attached hydrogen (secondary N) is 1. The number of β-amino-alcohol motifs (C(OH)–C–C–N with tert-alkyl or cyclic N) is 1. The van der Waals surface area contributed by atoms with E-state index < -0.39 is 12.1 Å². The lowest BCUT2D eigenvalue weighted by molar-refractivity contribution is 0.0311. The van der Waals surface area contributed by atoms with Crippen molar-refractivity contribution in [3.63, 3.8) is 0 Å². The number of methoxy groups -OCH3 is 1. The fraction of sp³-hybridized carbons (Fsp3) is 0.350. The summed E-state index contributed by atoms with van der Waals surface area (Å²) in [5.74, 6) is 0.222. The number of hydrogen-bond acceptors (Lipinski definition) is 5. The summed E-state index contributed by atoms with van der Waals surface area (Å²) in [5, 5.41) is 13.3. The number of aryl methyl sites for hydroxylation is 1. The lowest BCUT2D eigenvalue weighted by Gasteiger charge is -2.36. The van der Waals surface area contributed by atoms with Crippen LogP contribution < -0.4 is 10.1 Å². The molecule has 0 bridgehead atoms. The summed E-state index contributed by atoms with van der Waals surface area (Å²) in [6, 6.07) is 9.96. The number of nitrogens with zero attached hydrogens (tertiary/aromatic N) is 2. The van der Waals surface area contributed by atoms with Gasteiger partial charge in [-0.1, -0.05) is 6.07 Å². The van der Waals surface area contributed by atoms with Gasteiger partial charge in [0.2, 0.25) is 0 Å². The van der Waals surface area contributed by atoms with E-state index in [-0.39, 0.29) is 18.4 Å². The molecule has 0 aliphatic carbocycles. The van der Waals surface area contributed by atoms with Gasteiger partial charge in [0, 0.05) is 24.8 Å². The summed E-state index contributed by atoms with van der Waals surface area (Å²) < 4.78 is 5.15. The Bertz CT molecular complexity index is 825. The molecule has 2 amide bonds. The largest absolute Gasteiger partial charge is 0.497 e. The third-order valence-electron chi connectivity index (χ3n) is 4.75. The molecule has 1 fully saturated rings. The zero-order valence-electron chi connectivity index (χ0n) is 15.4. The van der Waals surface area contributed by atoms with Crippen LogP contribution in [0.5, 0.6) is 5.75 Å². The summed E-state index contributed by atoms with van der Waals surface area (Å²) in [4.78, 5) is 30.6. The maximum Gasteiger partial charge on any atom is 0.272 e. The van der Waals surface area contributed by atoms with Crippen molar-refractivity contribution in [3.8, 4) is 5.75 Å². The second-order valence-corrected chi connectivity index (χ2v) is 6.58. The molecule has 2 aromatic rings. The molecule has 2 atom stereocenters. The molecule has 1 aliphatic rings. The highest BCUT2D eigenvalue weighted by atomic mass is 16.5. The lowest BCUT2D eigenvalue weighted by Crippen LogP contribution is -2.55. The Morgan fingerprint density at radius 2 is 2.11 bits per heavy atom. The number of hydrogen-bond donors (Lipinski definition) is 2. The van der Waals surface area contributed by atoms with Gasteiger partial charge in [-0.25, -0.2) is 0 Å². The Morgan fingerprint density at radius 1 is 1.30 bits per heavy atom. The van der Waals surface area contributed by atoms with Crippen molar-refractivity contribution in [1.82, 2.24) is 15.2 Å². The molecule has 0 saturated carbocycles. The second kappa shape index (κ2) is 8.18. The molecule has 1 aromatic carbocycles. The summed E-state index contributed by atoms with van der Waals surface area (Å²) in [6.45, 7) is 2.43. The monoisotopic (exact) mass is 369 g/mol. The van der Waals surface area contributed by atoms with Crippen LogP contribution in [0.2, 0.25) is 0 Å². The minimum Gasteiger partial charge on any atom is -0.497 e. The molecule has 7 nitrogen and oxygen atoms in total. The van der Waals surface area contributed by atoms with E-state index >= 15 is 0 Å². The van der Waals surface area contributed by atoms with E-state index in [0.717, 1.165) is 5.56 Å². The van der Waals surface area contributed by atoms with Gasteiger partial charge in [-0.3, -0.25) is 14.6 Å². The molecule has 1 aliphatic heterocycles. The highest BCUT2D eigenvalue weighted by Crippen LogP contribution is 2.18. The van der Waals surface area contributed by atoms with E-state index in [4.69, 9.17) is 4.74 Å². The number of aromatic nitrogens is 1. The van der Waals surface area contributed by atoms with Crippen LogP contribution in [0.25, 0.3) is 0 Å². The summed E-state index contributed by atoms with van der Waals surface area (Å²) in [6.07, 6.45) is 1.20. The molecule has 2 heterocycles. The standard InChI is InChI=1S/C20H23N3O4/c1-13-11-14(27-2)6-7-15(13)19(25)22-16-8-10-23(12-18(16)24)20(26)17-5-3-4-9-21-17/h3-7,9,11,16,18,24H,8,10,12H2,1-2H3,(H,22,25)/t16-,18-/m1/s1. The Balaban J connectivity index is 1.62. The number of ether oxygens (including phenoxy) is 1. The van der Waals surface area contributed by atoms with Crippen molar-refractivity contribution in [1.29, 1.82) is 0 Å². The van der Waals surface area contributed by atoms with Crippen molar-refractivity contribution in [2.24, 2.45) is 0 Å². The Hall–Kier alpha value is -2.93. The minimum absolute atomic E-state index is 0.155. The van der Waals surface area contributed by atoms with Crippen LogP contribution in [-0.4, -0.2) is 59.1 Å². The summed E-state index contributed by atoms with van der Waals surface area (Å²) >= 11 is 0. The molecule has 0 unspecified atom stereocenters. The Labute approximate surface area is 158 Å². The van der Waals surface area contributed by atoms with E-state index in [1.807, 2.05) is 6.92 Å². The smallest absolute Gasteiger partial charge is 0.272 e. The Kier molecular flexibility index (Phi) is 5.71. The van der Waals surface area contributed by atoms with Crippen molar-refractivity contribution in [3.05, 3.63) is 59.4 Å². The van der Waals surface area contributed by atoms with Gasteiger partial charge in [-0.2, -0.15) is 0 Å². The van der Waals surface area contributed by atoms with Crippen LogP contribution in [0.1, 0.15) is 32.8 Å². The zero-order chi connectivity index (χ0) is 19.4. The van der Waals surface area contributed by atoms with E-state index in [9.17, 15) is 14.7 Å². The first-order valence-corrected chi connectivity index (χ1v) is 8.83. The number of pyridine rings is 1. The number of carbonyl (C=O) groups excluding carboxylic acids is 2. The molecular weight excluding hydrogens is 346 g/mol. The summed E-state index contributed by atoms with van der Waals surface area (Å²) in [7, 11) is 1.57. The number of aliphatic hydroxyl groups excluding tert-OH is 1. The molecule has 2 N–H and O–H groups in total. The summed E-state index contributed by atoms with van der Waals surface area (Å²) in [5.41, 5.74) is 1.68. The molecular formula is C20H23N3O4. The first-order chi connectivity index (χ1) is 13.0. The van der Waals surface area contributed by atoms with E-state index in [1.165, 1.54) is 0 Å².